The molecule has 0 atom stereocenters. The van der Waals surface area contributed by atoms with Crippen molar-refractivity contribution in [2.24, 2.45) is 0 Å². The van der Waals surface area contributed by atoms with Gasteiger partial charge in [-0.1, -0.05) is 0 Å². The van der Waals surface area contributed by atoms with Crippen molar-refractivity contribution in [1.29, 1.82) is 0 Å². The van der Waals surface area contributed by atoms with Gasteiger partial charge in [-0.05, 0) is 6.07 Å². The van der Waals surface area contributed by atoms with Crippen molar-refractivity contribution in [3.05, 3.63) is 16.3 Å². The van der Waals surface area contributed by atoms with E-state index in [9.17, 15) is 4.79 Å². The summed E-state index contributed by atoms with van der Waals surface area (Å²) in [6.07, 6.45) is 1.25. The molecule has 1 aromatic heterocycles. The third-order valence-corrected chi connectivity index (χ3v) is 3.11. The SMILES string of the molecule is COC1CN(c2csc(C=O)c2)C1. The lowest BCUT2D eigenvalue weighted by atomic mass is 10.1. The predicted molar refractivity (Wildman–Crippen MR) is 52.7 cm³/mol. The first-order chi connectivity index (χ1) is 6.33. The van der Waals surface area contributed by atoms with Crippen LogP contribution in [0, 0.1) is 0 Å². The molecule has 0 aromatic carbocycles. The molecular formula is C9H11NO2S. The number of thiophene rings is 1. The molecule has 70 valence electrons. The Bertz CT molecular complexity index is 304. The number of rotatable bonds is 3. The molecular weight excluding hydrogens is 186 g/mol. The van der Waals surface area contributed by atoms with Gasteiger partial charge in [0.1, 0.15) is 0 Å². The molecule has 0 aliphatic carbocycles. The molecule has 1 aromatic rings. The Morgan fingerprint density at radius 2 is 2.46 bits per heavy atom. The summed E-state index contributed by atoms with van der Waals surface area (Å²) in [7, 11) is 1.73. The molecule has 0 saturated carbocycles. The lowest BCUT2D eigenvalue weighted by Crippen LogP contribution is -2.51. The Kier molecular flexibility index (Phi) is 2.33. The highest BCUT2D eigenvalue weighted by Crippen LogP contribution is 2.26. The zero-order valence-electron chi connectivity index (χ0n) is 7.40. The van der Waals surface area contributed by atoms with Crippen LogP contribution in [0.15, 0.2) is 11.4 Å². The average molecular weight is 197 g/mol. The second kappa shape index (κ2) is 3.47. The third-order valence-electron chi connectivity index (χ3n) is 2.27. The highest BCUT2D eigenvalue weighted by molar-refractivity contribution is 7.12. The molecule has 4 heteroatoms. The first-order valence-corrected chi connectivity index (χ1v) is 5.03. The molecule has 0 unspecified atom stereocenters. The van der Waals surface area contributed by atoms with Crippen LogP contribution in [-0.2, 0) is 4.74 Å². The van der Waals surface area contributed by atoms with Crippen molar-refractivity contribution in [3.63, 3.8) is 0 Å². The van der Waals surface area contributed by atoms with Gasteiger partial charge in [-0.2, -0.15) is 0 Å². The second-order valence-corrected chi connectivity index (χ2v) is 4.03. The fraction of sp³-hybridized carbons (Fsp3) is 0.444. The number of ether oxygens (including phenoxy) is 1. The summed E-state index contributed by atoms with van der Waals surface area (Å²) in [5.41, 5.74) is 1.14. The van der Waals surface area contributed by atoms with Crippen LogP contribution in [-0.4, -0.2) is 32.6 Å². The van der Waals surface area contributed by atoms with Crippen LogP contribution in [0.3, 0.4) is 0 Å². The number of nitrogens with zero attached hydrogens (tertiary/aromatic N) is 1. The quantitative estimate of drug-likeness (QED) is 0.686. The van der Waals surface area contributed by atoms with Crippen LogP contribution >= 0.6 is 11.3 Å². The van der Waals surface area contributed by atoms with E-state index in [4.69, 9.17) is 4.74 Å². The zero-order valence-corrected chi connectivity index (χ0v) is 8.21. The molecule has 1 aliphatic rings. The summed E-state index contributed by atoms with van der Waals surface area (Å²) < 4.78 is 5.16. The van der Waals surface area contributed by atoms with Crippen molar-refractivity contribution in [1.82, 2.24) is 0 Å². The fourth-order valence-corrected chi connectivity index (χ4v) is 2.09. The van der Waals surface area contributed by atoms with Crippen LogP contribution in [0.5, 0.6) is 0 Å². The highest BCUT2D eigenvalue weighted by Gasteiger charge is 2.26. The lowest BCUT2D eigenvalue weighted by molar-refractivity contribution is 0.0788. The minimum Gasteiger partial charge on any atom is -0.378 e. The van der Waals surface area contributed by atoms with E-state index in [-0.39, 0.29) is 0 Å². The van der Waals surface area contributed by atoms with Crippen molar-refractivity contribution in [2.45, 2.75) is 6.10 Å². The monoisotopic (exact) mass is 197 g/mol. The van der Waals surface area contributed by atoms with Crippen LogP contribution < -0.4 is 4.90 Å². The molecule has 0 amide bonds. The van der Waals surface area contributed by atoms with E-state index >= 15 is 0 Å². The maximum atomic E-state index is 10.4. The van der Waals surface area contributed by atoms with Gasteiger partial charge < -0.3 is 9.64 Å². The summed E-state index contributed by atoms with van der Waals surface area (Å²) in [6, 6.07) is 1.92. The van der Waals surface area contributed by atoms with E-state index in [2.05, 4.69) is 4.90 Å². The maximum Gasteiger partial charge on any atom is 0.160 e. The molecule has 13 heavy (non-hydrogen) atoms. The van der Waals surface area contributed by atoms with Crippen LogP contribution in [0.4, 0.5) is 5.69 Å². The standard InChI is InChI=1S/C9H11NO2S/c1-12-8-3-10(4-8)7-2-9(5-11)13-6-7/h2,5-6,8H,3-4H2,1H3. The zero-order chi connectivity index (χ0) is 9.26. The number of methoxy groups -OCH3 is 1. The van der Waals surface area contributed by atoms with Gasteiger partial charge in [0.05, 0.1) is 11.0 Å². The number of hydrogen-bond donors (Lipinski definition) is 0. The van der Waals surface area contributed by atoms with E-state index < -0.39 is 0 Å². The largest absolute Gasteiger partial charge is 0.378 e. The highest BCUT2D eigenvalue weighted by atomic mass is 32.1. The second-order valence-electron chi connectivity index (χ2n) is 3.09. The number of hydrogen-bond acceptors (Lipinski definition) is 4. The maximum absolute atomic E-state index is 10.4. The van der Waals surface area contributed by atoms with Crippen molar-refractivity contribution < 1.29 is 9.53 Å². The topological polar surface area (TPSA) is 29.5 Å². The van der Waals surface area contributed by atoms with Gasteiger partial charge in [-0.25, -0.2) is 0 Å². The molecule has 0 spiro atoms. The van der Waals surface area contributed by atoms with Gasteiger partial charge in [0.25, 0.3) is 0 Å². The van der Waals surface area contributed by atoms with Gasteiger partial charge in [0.15, 0.2) is 6.29 Å². The summed E-state index contributed by atoms with van der Waals surface area (Å²) in [5.74, 6) is 0. The summed E-state index contributed by atoms with van der Waals surface area (Å²) in [5, 5.41) is 2.01. The normalized spacial score (nSPS) is 17.2. The molecule has 2 heterocycles. The third kappa shape index (κ3) is 1.59. The summed E-state index contributed by atoms with van der Waals surface area (Å²) in [6.45, 7) is 1.87. The minimum atomic E-state index is 0.361. The number of anilines is 1. The van der Waals surface area contributed by atoms with E-state index in [1.807, 2.05) is 11.4 Å². The molecule has 1 aliphatic heterocycles. The first-order valence-electron chi connectivity index (χ1n) is 4.15. The summed E-state index contributed by atoms with van der Waals surface area (Å²) in [4.78, 5) is 13.4. The van der Waals surface area contributed by atoms with E-state index in [0.29, 0.717) is 6.10 Å². The molecule has 1 saturated heterocycles. The lowest BCUT2D eigenvalue weighted by Gasteiger charge is -2.39. The predicted octanol–water partition coefficient (Wildman–Crippen LogP) is 1.40. The number of aldehydes is 1. The molecule has 1 fully saturated rings. The molecule has 3 nitrogen and oxygen atoms in total. The van der Waals surface area contributed by atoms with Crippen LogP contribution in [0.25, 0.3) is 0 Å². The Labute approximate surface area is 80.9 Å². The van der Waals surface area contributed by atoms with Gasteiger partial charge >= 0.3 is 0 Å². The van der Waals surface area contributed by atoms with Gasteiger partial charge in [-0.15, -0.1) is 11.3 Å². The van der Waals surface area contributed by atoms with E-state index in [1.54, 1.807) is 7.11 Å². The van der Waals surface area contributed by atoms with Crippen LogP contribution in [0.1, 0.15) is 9.67 Å². The molecule has 0 bridgehead atoms. The van der Waals surface area contributed by atoms with Crippen molar-refractivity contribution >= 4 is 23.3 Å². The fourth-order valence-electron chi connectivity index (χ4n) is 1.37. The minimum absolute atomic E-state index is 0.361. The van der Waals surface area contributed by atoms with E-state index in [1.165, 1.54) is 11.3 Å². The Balaban J connectivity index is 1.99. The smallest absolute Gasteiger partial charge is 0.160 e. The Morgan fingerprint density at radius 3 is 3.00 bits per heavy atom. The van der Waals surface area contributed by atoms with Crippen LogP contribution in [0.2, 0.25) is 0 Å². The van der Waals surface area contributed by atoms with Gasteiger partial charge in [0.2, 0.25) is 0 Å². The van der Waals surface area contributed by atoms with Gasteiger partial charge in [0, 0.05) is 31.3 Å². The molecule has 0 radical (unpaired) electrons. The molecule has 2 rings (SSSR count). The first kappa shape index (κ1) is 8.72. The number of carbonyl (C=O) groups excluding carboxylic acids is 1. The number of carbonyl (C=O) groups is 1. The van der Waals surface area contributed by atoms with Gasteiger partial charge in [-0.3, -0.25) is 4.79 Å². The van der Waals surface area contributed by atoms with E-state index in [0.717, 1.165) is 29.9 Å². The summed E-state index contributed by atoms with van der Waals surface area (Å²) >= 11 is 1.49. The average Bonchev–Trinajstić information content (AvgIpc) is 2.51. The Hall–Kier alpha value is -0.870. The Morgan fingerprint density at radius 1 is 1.69 bits per heavy atom. The van der Waals surface area contributed by atoms with Crippen molar-refractivity contribution in [2.75, 3.05) is 25.1 Å². The van der Waals surface area contributed by atoms with Crippen molar-refractivity contribution in [3.8, 4) is 0 Å². The molecule has 0 N–H and O–H groups in total.